The maximum absolute atomic E-state index is 11.8. The van der Waals surface area contributed by atoms with Crippen molar-refractivity contribution in [3.05, 3.63) is 0 Å². The fourth-order valence-electron chi connectivity index (χ4n) is 1.89. The second-order valence-electron chi connectivity index (χ2n) is 4.67. The molecule has 1 N–H and O–H groups in total. The van der Waals surface area contributed by atoms with Gasteiger partial charge in [0.25, 0.3) is 0 Å². The van der Waals surface area contributed by atoms with Crippen LogP contribution in [0.3, 0.4) is 0 Å². The van der Waals surface area contributed by atoms with Crippen LogP contribution in [0.5, 0.6) is 0 Å². The number of hydrogen-bond donors (Lipinski definition) is 1. The highest BCUT2D eigenvalue weighted by atomic mass is 16.5. The Morgan fingerprint density at radius 1 is 1.15 bits per heavy atom. The molecule has 0 aliphatic carbocycles. The summed E-state index contributed by atoms with van der Waals surface area (Å²) in [5, 5.41) is 3.23. The minimum Gasteiger partial charge on any atom is -0.468 e. The number of hydrogen-bond acceptors (Lipinski definition) is 6. The highest BCUT2D eigenvalue weighted by Gasteiger charge is 2.21. The Hall–Kier alpha value is -0.690. The van der Waals surface area contributed by atoms with E-state index >= 15 is 0 Å². The number of nitrogens with one attached hydrogen (secondary N) is 1. The van der Waals surface area contributed by atoms with Crippen molar-refractivity contribution >= 4 is 5.97 Å². The van der Waals surface area contributed by atoms with Gasteiger partial charge in [-0.25, -0.2) is 0 Å². The Morgan fingerprint density at radius 2 is 1.85 bits per heavy atom. The molecule has 0 aromatic carbocycles. The van der Waals surface area contributed by atoms with Crippen LogP contribution in [0.15, 0.2) is 0 Å². The van der Waals surface area contributed by atoms with Crippen molar-refractivity contribution < 1.29 is 19.0 Å². The molecule has 0 fully saturated rings. The van der Waals surface area contributed by atoms with Gasteiger partial charge in [0.15, 0.2) is 0 Å². The molecule has 20 heavy (non-hydrogen) atoms. The van der Waals surface area contributed by atoms with Gasteiger partial charge in [0.05, 0.1) is 13.7 Å². The Kier molecular flexibility index (Phi) is 12.8. The van der Waals surface area contributed by atoms with Gasteiger partial charge in [-0.2, -0.15) is 0 Å². The lowest BCUT2D eigenvalue weighted by atomic mass is 10.2. The molecule has 1 unspecified atom stereocenters. The quantitative estimate of drug-likeness (QED) is 0.394. The average molecular weight is 290 g/mol. The van der Waals surface area contributed by atoms with E-state index in [9.17, 15) is 4.79 Å². The van der Waals surface area contributed by atoms with Gasteiger partial charge in [0.1, 0.15) is 6.04 Å². The second kappa shape index (κ2) is 13.3. The molecular weight excluding hydrogens is 260 g/mol. The smallest absolute Gasteiger partial charge is 0.324 e. The topological polar surface area (TPSA) is 60.0 Å². The number of methoxy groups -OCH3 is 3. The van der Waals surface area contributed by atoms with E-state index in [0.717, 1.165) is 39.1 Å². The molecule has 0 spiro atoms. The first kappa shape index (κ1) is 19.3. The van der Waals surface area contributed by atoms with Gasteiger partial charge in [0, 0.05) is 40.5 Å². The van der Waals surface area contributed by atoms with Crippen molar-refractivity contribution in [2.45, 2.75) is 25.8 Å². The second-order valence-corrected chi connectivity index (χ2v) is 4.67. The maximum Gasteiger partial charge on any atom is 0.324 e. The monoisotopic (exact) mass is 290 g/mol. The standard InChI is InChI=1S/C14H30N2O4/c1-5-7-15-13(14(17)20-4)12-16(9-11-19-3)8-6-10-18-2/h13,15H,5-12H2,1-4H3. The molecule has 0 radical (unpaired) electrons. The Labute approximate surface area is 122 Å². The lowest BCUT2D eigenvalue weighted by Gasteiger charge is -2.26. The summed E-state index contributed by atoms with van der Waals surface area (Å²) in [6.07, 6.45) is 1.91. The fraction of sp³-hybridized carbons (Fsp3) is 0.929. The van der Waals surface area contributed by atoms with Crippen LogP contribution in [0, 0.1) is 0 Å². The van der Waals surface area contributed by atoms with E-state index in [4.69, 9.17) is 14.2 Å². The van der Waals surface area contributed by atoms with Gasteiger partial charge in [-0.1, -0.05) is 6.92 Å². The first-order valence-electron chi connectivity index (χ1n) is 7.21. The molecule has 6 nitrogen and oxygen atoms in total. The van der Waals surface area contributed by atoms with E-state index in [1.54, 1.807) is 14.2 Å². The summed E-state index contributed by atoms with van der Waals surface area (Å²) in [6, 6.07) is -0.292. The van der Waals surface area contributed by atoms with Crippen molar-refractivity contribution in [1.29, 1.82) is 0 Å². The van der Waals surface area contributed by atoms with Crippen LogP contribution in [-0.4, -0.2) is 77.6 Å². The SMILES string of the molecule is CCCNC(CN(CCCOC)CCOC)C(=O)OC. The molecule has 6 heteroatoms. The van der Waals surface area contributed by atoms with Gasteiger partial charge in [-0.3, -0.25) is 9.69 Å². The third-order valence-corrected chi connectivity index (χ3v) is 3.00. The van der Waals surface area contributed by atoms with E-state index in [-0.39, 0.29) is 12.0 Å². The number of rotatable bonds is 13. The molecule has 0 aliphatic rings. The molecule has 0 amide bonds. The molecule has 0 heterocycles. The summed E-state index contributed by atoms with van der Waals surface area (Å²) in [5.74, 6) is -0.215. The number of carbonyl (C=O) groups excluding carboxylic acids is 1. The minimum absolute atomic E-state index is 0.215. The third kappa shape index (κ3) is 9.25. The molecule has 0 aromatic rings. The molecule has 0 saturated carbocycles. The summed E-state index contributed by atoms with van der Waals surface area (Å²) in [4.78, 5) is 14.0. The molecule has 1 atom stereocenters. The number of nitrogens with zero attached hydrogens (tertiary/aromatic N) is 1. The number of ether oxygens (including phenoxy) is 3. The van der Waals surface area contributed by atoms with Crippen molar-refractivity contribution in [1.82, 2.24) is 10.2 Å². The van der Waals surface area contributed by atoms with E-state index in [1.165, 1.54) is 7.11 Å². The van der Waals surface area contributed by atoms with Crippen LogP contribution >= 0.6 is 0 Å². The number of esters is 1. The molecule has 120 valence electrons. The molecule has 0 saturated heterocycles. The van der Waals surface area contributed by atoms with Crippen molar-refractivity contribution in [3.63, 3.8) is 0 Å². The summed E-state index contributed by atoms with van der Waals surface area (Å²) >= 11 is 0. The zero-order valence-electron chi connectivity index (χ0n) is 13.3. The summed E-state index contributed by atoms with van der Waals surface area (Å²) in [6.45, 7) is 6.53. The van der Waals surface area contributed by atoms with Crippen LogP contribution in [0.25, 0.3) is 0 Å². The van der Waals surface area contributed by atoms with Gasteiger partial charge in [-0.15, -0.1) is 0 Å². The van der Waals surface area contributed by atoms with Crippen LogP contribution in [0.2, 0.25) is 0 Å². The number of carbonyl (C=O) groups is 1. The first-order valence-corrected chi connectivity index (χ1v) is 7.21. The van der Waals surface area contributed by atoms with Crippen LogP contribution in [-0.2, 0) is 19.0 Å². The Bertz CT molecular complexity index is 239. The van der Waals surface area contributed by atoms with Gasteiger partial charge < -0.3 is 19.5 Å². The van der Waals surface area contributed by atoms with Crippen molar-refractivity contribution in [3.8, 4) is 0 Å². The normalized spacial score (nSPS) is 12.7. The zero-order valence-corrected chi connectivity index (χ0v) is 13.3. The van der Waals surface area contributed by atoms with Gasteiger partial charge >= 0.3 is 5.97 Å². The molecule has 0 aliphatic heterocycles. The molecule has 0 rings (SSSR count). The predicted molar refractivity (Wildman–Crippen MR) is 78.9 cm³/mol. The van der Waals surface area contributed by atoms with Crippen LogP contribution in [0.1, 0.15) is 19.8 Å². The van der Waals surface area contributed by atoms with Gasteiger partial charge in [0.2, 0.25) is 0 Å². The van der Waals surface area contributed by atoms with Crippen molar-refractivity contribution in [2.75, 3.05) is 60.7 Å². The lowest BCUT2D eigenvalue weighted by molar-refractivity contribution is -0.143. The molecule has 0 aromatic heterocycles. The van der Waals surface area contributed by atoms with Gasteiger partial charge in [-0.05, 0) is 19.4 Å². The zero-order chi connectivity index (χ0) is 15.2. The Balaban J connectivity index is 4.38. The third-order valence-electron chi connectivity index (χ3n) is 3.00. The Morgan fingerprint density at radius 3 is 2.40 bits per heavy atom. The molecular formula is C14H30N2O4. The van der Waals surface area contributed by atoms with Crippen LogP contribution < -0.4 is 5.32 Å². The van der Waals surface area contributed by atoms with E-state index < -0.39 is 0 Å². The van der Waals surface area contributed by atoms with E-state index in [1.807, 2.05) is 0 Å². The maximum atomic E-state index is 11.8. The predicted octanol–water partition coefficient (Wildman–Crippen LogP) is 0.513. The lowest BCUT2D eigenvalue weighted by Crippen LogP contribution is -2.48. The largest absolute Gasteiger partial charge is 0.468 e. The van der Waals surface area contributed by atoms with Crippen LogP contribution in [0.4, 0.5) is 0 Å². The first-order chi connectivity index (χ1) is 9.69. The van der Waals surface area contributed by atoms with Crippen molar-refractivity contribution in [2.24, 2.45) is 0 Å². The summed E-state index contributed by atoms with van der Waals surface area (Å²) < 4.78 is 15.0. The van der Waals surface area contributed by atoms with E-state index in [2.05, 4.69) is 17.1 Å². The highest BCUT2D eigenvalue weighted by molar-refractivity contribution is 5.75. The fourth-order valence-corrected chi connectivity index (χ4v) is 1.89. The molecule has 0 bridgehead atoms. The van der Waals surface area contributed by atoms with E-state index in [0.29, 0.717) is 13.2 Å². The summed E-state index contributed by atoms with van der Waals surface area (Å²) in [7, 11) is 4.80. The highest BCUT2D eigenvalue weighted by Crippen LogP contribution is 1.99. The average Bonchev–Trinajstić information content (AvgIpc) is 2.47. The summed E-state index contributed by atoms with van der Waals surface area (Å²) in [5.41, 5.74) is 0. The minimum atomic E-state index is -0.292.